The van der Waals surface area contributed by atoms with Crippen LogP contribution in [0.5, 0.6) is 0 Å². The zero-order valence-corrected chi connectivity index (χ0v) is 10.5. The first-order chi connectivity index (χ1) is 8.75. The Morgan fingerprint density at radius 3 is 2.78 bits per heavy atom. The lowest BCUT2D eigenvalue weighted by Crippen LogP contribution is -2.23. The highest BCUT2D eigenvalue weighted by Crippen LogP contribution is 2.07. The quantitative estimate of drug-likeness (QED) is 0.877. The minimum atomic E-state index is 0.0506. The average molecular weight is 243 g/mol. The summed E-state index contributed by atoms with van der Waals surface area (Å²) in [6.07, 6.45) is 2.73. The summed E-state index contributed by atoms with van der Waals surface area (Å²) < 4.78 is 5.19. The summed E-state index contributed by atoms with van der Waals surface area (Å²) >= 11 is 0. The second-order valence-electron chi connectivity index (χ2n) is 4.28. The molecule has 1 N–H and O–H groups in total. The van der Waals surface area contributed by atoms with Crippen molar-refractivity contribution in [2.75, 3.05) is 0 Å². The molecule has 3 heteroatoms. The number of carbonyl (C=O) groups is 1. The van der Waals surface area contributed by atoms with Gasteiger partial charge in [-0.2, -0.15) is 0 Å². The van der Waals surface area contributed by atoms with E-state index in [-0.39, 0.29) is 5.91 Å². The van der Waals surface area contributed by atoms with Crippen LogP contribution in [0.3, 0.4) is 0 Å². The maximum absolute atomic E-state index is 11.7. The number of benzene rings is 1. The lowest BCUT2D eigenvalue weighted by atomic mass is 10.1. The van der Waals surface area contributed by atoms with Gasteiger partial charge < -0.3 is 9.73 Å². The number of nitrogens with one attached hydrogen (secondary N) is 1. The van der Waals surface area contributed by atoms with Gasteiger partial charge in [-0.25, -0.2) is 0 Å². The number of amides is 1. The highest BCUT2D eigenvalue weighted by molar-refractivity contribution is 5.76. The molecule has 0 bridgehead atoms. The molecular weight excluding hydrogens is 226 g/mol. The van der Waals surface area contributed by atoms with Crippen molar-refractivity contribution in [3.05, 3.63) is 59.5 Å². The van der Waals surface area contributed by atoms with E-state index in [9.17, 15) is 4.79 Å². The number of carbonyl (C=O) groups excluding carboxylic acids is 1. The summed E-state index contributed by atoms with van der Waals surface area (Å²) in [7, 11) is 0. The summed E-state index contributed by atoms with van der Waals surface area (Å²) in [5.74, 6) is 0.899. The van der Waals surface area contributed by atoms with Crippen molar-refractivity contribution in [1.82, 2.24) is 5.32 Å². The van der Waals surface area contributed by atoms with Crippen molar-refractivity contribution in [3.8, 4) is 0 Å². The van der Waals surface area contributed by atoms with E-state index in [1.54, 1.807) is 6.26 Å². The third-order valence-electron chi connectivity index (χ3n) is 2.92. The molecule has 0 aliphatic heterocycles. The van der Waals surface area contributed by atoms with Crippen LogP contribution in [-0.4, -0.2) is 5.91 Å². The lowest BCUT2D eigenvalue weighted by Gasteiger charge is -2.07. The number of hydrogen-bond acceptors (Lipinski definition) is 2. The second-order valence-corrected chi connectivity index (χ2v) is 4.28. The van der Waals surface area contributed by atoms with Crippen LogP contribution in [-0.2, 0) is 17.8 Å². The molecule has 0 unspecified atom stereocenters. The van der Waals surface area contributed by atoms with Gasteiger partial charge in [0.2, 0.25) is 5.91 Å². The maximum atomic E-state index is 11.7. The molecular formula is C15H17NO2. The average Bonchev–Trinajstić information content (AvgIpc) is 2.88. The monoisotopic (exact) mass is 243 g/mol. The van der Waals surface area contributed by atoms with Crippen LogP contribution in [0.25, 0.3) is 0 Å². The zero-order valence-electron chi connectivity index (χ0n) is 10.5. The second kappa shape index (κ2) is 6.05. The topological polar surface area (TPSA) is 42.2 Å². The Hall–Kier alpha value is -2.03. The van der Waals surface area contributed by atoms with Crippen LogP contribution in [0.1, 0.15) is 23.3 Å². The minimum absolute atomic E-state index is 0.0506. The highest BCUT2D eigenvalue weighted by Gasteiger charge is 2.04. The minimum Gasteiger partial charge on any atom is -0.469 e. The molecule has 0 aliphatic rings. The maximum Gasteiger partial charge on any atom is 0.220 e. The van der Waals surface area contributed by atoms with Gasteiger partial charge in [-0.1, -0.05) is 24.3 Å². The van der Waals surface area contributed by atoms with Crippen LogP contribution in [0.15, 0.2) is 47.1 Å². The van der Waals surface area contributed by atoms with Gasteiger partial charge in [0.05, 0.1) is 6.26 Å². The summed E-state index contributed by atoms with van der Waals surface area (Å²) in [5, 5.41) is 2.92. The van der Waals surface area contributed by atoms with Gasteiger partial charge in [-0.3, -0.25) is 4.79 Å². The molecule has 0 radical (unpaired) electrons. The van der Waals surface area contributed by atoms with Crippen molar-refractivity contribution in [2.24, 2.45) is 0 Å². The van der Waals surface area contributed by atoms with E-state index in [1.165, 1.54) is 5.56 Å². The number of rotatable bonds is 5. The normalized spacial score (nSPS) is 10.3. The largest absolute Gasteiger partial charge is 0.469 e. The Kier molecular flexibility index (Phi) is 4.18. The molecule has 1 aromatic carbocycles. The molecule has 18 heavy (non-hydrogen) atoms. The van der Waals surface area contributed by atoms with Gasteiger partial charge in [0.1, 0.15) is 5.76 Å². The smallest absolute Gasteiger partial charge is 0.220 e. The molecule has 0 atom stereocenters. The molecule has 2 rings (SSSR count). The predicted octanol–water partition coefficient (Wildman–Crippen LogP) is 2.84. The SMILES string of the molecule is Cc1ccccc1CNC(=O)CCc1ccco1. The van der Waals surface area contributed by atoms with Gasteiger partial charge in [0.25, 0.3) is 0 Å². The highest BCUT2D eigenvalue weighted by atomic mass is 16.3. The summed E-state index contributed by atoms with van der Waals surface area (Å²) in [6, 6.07) is 11.8. The molecule has 1 amide bonds. The third-order valence-corrected chi connectivity index (χ3v) is 2.92. The molecule has 0 aliphatic carbocycles. The first-order valence-electron chi connectivity index (χ1n) is 6.09. The van der Waals surface area contributed by atoms with Crippen molar-refractivity contribution in [3.63, 3.8) is 0 Å². The predicted molar refractivity (Wildman–Crippen MR) is 70.1 cm³/mol. The Balaban J connectivity index is 1.77. The number of hydrogen-bond donors (Lipinski definition) is 1. The fourth-order valence-corrected chi connectivity index (χ4v) is 1.78. The third kappa shape index (κ3) is 3.48. The molecule has 0 saturated carbocycles. The fraction of sp³-hybridized carbons (Fsp3) is 0.267. The van der Waals surface area contributed by atoms with E-state index in [0.717, 1.165) is 11.3 Å². The molecule has 1 heterocycles. The van der Waals surface area contributed by atoms with Gasteiger partial charge in [-0.05, 0) is 30.2 Å². The van der Waals surface area contributed by atoms with Crippen molar-refractivity contribution < 1.29 is 9.21 Å². The Morgan fingerprint density at radius 2 is 2.06 bits per heavy atom. The van der Waals surface area contributed by atoms with Crippen molar-refractivity contribution in [2.45, 2.75) is 26.3 Å². The zero-order chi connectivity index (χ0) is 12.8. The molecule has 1 aromatic heterocycles. The number of furan rings is 1. The van der Waals surface area contributed by atoms with Gasteiger partial charge in [0.15, 0.2) is 0 Å². The van der Waals surface area contributed by atoms with E-state index in [0.29, 0.717) is 19.4 Å². The Labute approximate surface area is 107 Å². The summed E-state index contributed by atoms with van der Waals surface area (Å²) in [5.41, 5.74) is 2.35. The standard InChI is InChI=1S/C15H17NO2/c1-12-5-2-3-6-13(12)11-16-15(17)9-8-14-7-4-10-18-14/h2-7,10H,8-9,11H2,1H3,(H,16,17). The first kappa shape index (κ1) is 12.4. The molecule has 2 aromatic rings. The Morgan fingerprint density at radius 1 is 1.22 bits per heavy atom. The van der Waals surface area contributed by atoms with Crippen LogP contribution >= 0.6 is 0 Å². The van der Waals surface area contributed by atoms with E-state index >= 15 is 0 Å². The first-order valence-corrected chi connectivity index (χ1v) is 6.09. The Bertz CT molecular complexity index is 503. The van der Waals surface area contributed by atoms with Gasteiger partial charge in [0, 0.05) is 19.4 Å². The fourth-order valence-electron chi connectivity index (χ4n) is 1.78. The summed E-state index contributed by atoms with van der Waals surface area (Å²) in [6.45, 7) is 2.63. The summed E-state index contributed by atoms with van der Waals surface area (Å²) in [4.78, 5) is 11.7. The lowest BCUT2D eigenvalue weighted by molar-refractivity contribution is -0.121. The van der Waals surface area contributed by atoms with E-state index < -0.39 is 0 Å². The van der Waals surface area contributed by atoms with Crippen molar-refractivity contribution in [1.29, 1.82) is 0 Å². The van der Waals surface area contributed by atoms with Crippen molar-refractivity contribution >= 4 is 5.91 Å². The van der Waals surface area contributed by atoms with Crippen LogP contribution < -0.4 is 5.32 Å². The molecule has 94 valence electrons. The molecule has 0 spiro atoms. The van der Waals surface area contributed by atoms with E-state index in [1.807, 2.05) is 43.3 Å². The van der Waals surface area contributed by atoms with Gasteiger partial charge in [-0.15, -0.1) is 0 Å². The van der Waals surface area contributed by atoms with Crippen LogP contribution in [0.2, 0.25) is 0 Å². The molecule has 3 nitrogen and oxygen atoms in total. The van der Waals surface area contributed by atoms with E-state index in [2.05, 4.69) is 5.32 Å². The van der Waals surface area contributed by atoms with Crippen LogP contribution in [0, 0.1) is 6.92 Å². The number of aryl methyl sites for hydroxylation is 2. The molecule has 0 saturated heterocycles. The molecule has 0 fully saturated rings. The van der Waals surface area contributed by atoms with Crippen LogP contribution in [0.4, 0.5) is 0 Å². The van der Waals surface area contributed by atoms with Gasteiger partial charge >= 0.3 is 0 Å². The van der Waals surface area contributed by atoms with E-state index in [4.69, 9.17) is 4.42 Å².